The summed E-state index contributed by atoms with van der Waals surface area (Å²) in [5.41, 5.74) is -0.679. The zero-order valence-corrected chi connectivity index (χ0v) is 23.2. The molecule has 1 saturated heterocycles. The Morgan fingerprint density at radius 1 is 1.15 bits per heavy atom. The number of carbonyl (C=O) groups excluding carboxylic acids is 3. The second-order valence-corrected chi connectivity index (χ2v) is 16.4. The summed E-state index contributed by atoms with van der Waals surface area (Å²) in [4.78, 5) is 44.2. The number of rotatable bonds is 4. The first-order chi connectivity index (χ1) is 15.6. The first-order valence-electron chi connectivity index (χ1n) is 12.1. The molecular weight excluding hydrogens is 452 g/mol. The lowest BCUT2D eigenvalue weighted by Gasteiger charge is -2.40. The summed E-state index contributed by atoms with van der Waals surface area (Å²) in [5.74, 6) is -1.39. The summed E-state index contributed by atoms with van der Waals surface area (Å²) in [7, 11) is -0.814. The predicted octanol–water partition coefficient (Wildman–Crippen LogP) is 4.88. The van der Waals surface area contributed by atoms with Gasteiger partial charge in [0.2, 0.25) is 5.91 Å². The lowest BCUT2D eigenvalue weighted by molar-refractivity contribution is -0.153. The van der Waals surface area contributed by atoms with Gasteiger partial charge in [0.25, 0.3) is 0 Å². The van der Waals surface area contributed by atoms with E-state index < -0.39 is 37.9 Å². The lowest BCUT2D eigenvalue weighted by Crippen LogP contribution is -2.51. The van der Waals surface area contributed by atoms with Gasteiger partial charge in [-0.25, -0.2) is 9.59 Å². The van der Waals surface area contributed by atoms with Crippen LogP contribution in [-0.4, -0.2) is 68.3 Å². The molecule has 0 aromatic heterocycles. The third-order valence-electron chi connectivity index (χ3n) is 6.81. The molecule has 0 bridgehead atoms. The third-order valence-corrected chi connectivity index (χ3v) is 11.3. The van der Waals surface area contributed by atoms with Crippen molar-refractivity contribution in [3.8, 4) is 0 Å². The van der Waals surface area contributed by atoms with Gasteiger partial charge in [0.1, 0.15) is 11.6 Å². The van der Waals surface area contributed by atoms with Crippen LogP contribution in [0, 0.1) is 5.92 Å². The SMILES string of the molecule is COC(=O)[C@@H]1CC(O[Si](C)(C)C(C)(C)C)[C@@H]2CC/C=C\CC(C=NC(=O)OC(C)(C)C)C(=O)N12. The van der Waals surface area contributed by atoms with Gasteiger partial charge in [0, 0.05) is 12.6 Å². The van der Waals surface area contributed by atoms with E-state index in [9.17, 15) is 14.4 Å². The molecule has 2 rings (SSSR count). The molecule has 2 aliphatic rings. The van der Waals surface area contributed by atoms with Crippen molar-refractivity contribution < 1.29 is 28.3 Å². The monoisotopic (exact) mass is 494 g/mol. The predicted molar refractivity (Wildman–Crippen MR) is 134 cm³/mol. The maximum Gasteiger partial charge on any atom is 0.433 e. The molecule has 0 aromatic carbocycles. The van der Waals surface area contributed by atoms with Crippen LogP contribution in [0.4, 0.5) is 4.79 Å². The third kappa shape index (κ3) is 7.01. The number of esters is 1. The molecule has 2 amide bonds. The van der Waals surface area contributed by atoms with Crippen LogP contribution in [0.3, 0.4) is 0 Å². The van der Waals surface area contributed by atoms with Crippen LogP contribution in [0.15, 0.2) is 17.1 Å². The molecule has 1 fully saturated rings. The minimum atomic E-state index is -2.15. The topological polar surface area (TPSA) is 94.5 Å². The molecule has 34 heavy (non-hydrogen) atoms. The van der Waals surface area contributed by atoms with Gasteiger partial charge in [-0.1, -0.05) is 32.9 Å². The van der Waals surface area contributed by atoms with Gasteiger partial charge < -0.3 is 18.8 Å². The van der Waals surface area contributed by atoms with Gasteiger partial charge >= 0.3 is 12.1 Å². The fourth-order valence-corrected chi connectivity index (χ4v) is 5.42. The van der Waals surface area contributed by atoms with Gasteiger partial charge in [0.15, 0.2) is 8.32 Å². The molecule has 2 unspecified atom stereocenters. The molecule has 0 aliphatic carbocycles. The molecule has 2 heterocycles. The van der Waals surface area contributed by atoms with Crippen LogP contribution >= 0.6 is 0 Å². The molecule has 9 heteroatoms. The summed E-state index contributed by atoms with van der Waals surface area (Å²) in [6, 6.07) is -0.987. The Bertz CT molecular complexity index is 824. The quantitative estimate of drug-likeness (QED) is 0.239. The zero-order valence-electron chi connectivity index (χ0n) is 22.2. The molecule has 0 radical (unpaired) electrons. The van der Waals surface area contributed by atoms with Crippen molar-refractivity contribution in [3.05, 3.63) is 12.2 Å². The normalized spacial score (nSPS) is 27.6. The highest BCUT2D eigenvalue weighted by molar-refractivity contribution is 6.74. The number of aliphatic imine (C=N–C) groups is 1. The molecular formula is C25H42N2O6Si. The largest absolute Gasteiger partial charge is 0.467 e. The van der Waals surface area contributed by atoms with E-state index in [2.05, 4.69) is 38.9 Å². The Kier molecular flexibility index (Phi) is 8.91. The Morgan fingerprint density at radius 2 is 1.79 bits per heavy atom. The molecule has 2 aliphatic heterocycles. The number of methoxy groups -OCH3 is 1. The molecule has 0 spiro atoms. The van der Waals surface area contributed by atoms with Gasteiger partial charge in [0.05, 0.1) is 25.2 Å². The highest BCUT2D eigenvalue weighted by atomic mass is 28.4. The van der Waals surface area contributed by atoms with E-state index in [1.54, 1.807) is 25.7 Å². The maximum absolute atomic E-state index is 13.8. The average Bonchev–Trinajstić information content (AvgIpc) is 3.06. The second-order valence-electron chi connectivity index (χ2n) is 11.7. The molecule has 0 aromatic rings. The van der Waals surface area contributed by atoms with Crippen LogP contribution in [-0.2, 0) is 23.5 Å². The number of hydrogen-bond donors (Lipinski definition) is 0. The van der Waals surface area contributed by atoms with Crippen molar-refractivity contribution in [3.63, 3.8) is 0 Å². The second kappa shape index (κ2) is 10.7. The minimum absolute atomic E-state index is 0.00773. The number of ether oxygens (including phenoxy) is 2. The first-order valence-corrected chi connectivity index (χ1v) is 15.0. The highest BCUT2D eigenvalue weighted by Crippen LogP contribution is 2.41. The number of carbonyl (C=O) groups is 3. The van der Waals surface area contributed by atoms with E-state index in [0.717, 1.165) is 6.42 Å². The highest BCUT2D eigenvalue weighted by Gasteiger charge is 2.51. The van der Waals surface area contributed by atoms with E-state index >= 15 is 0 Å². The van der Waals surface area contributed by atoms with Crippen molar-refractivity contribution in [2.24, 2.45) is 10.9 Å². The van der Waals surface area contributed by atoms with Crippen LogP contribution in [0.2, 0.25) is 18.1 Å². The van der Waals surface area contributed by atoms with Crippen molar-refractivity contribution in [2.45, 2.75) is 109 Å². The first kappa shape index (κ1) is 28.2. The van der Waals surface area contributed by atoms with Gasteiger partial charge in [-0.05, 0) is 58.2 Å². The molecule has 0 saturated carbocycles. The summed E-state index contributed by atoms with van der Waals surface area (Å²) in [6.07, 6.45) is 6.54. The summed E-state index contributed by atoms with van der Waals surface area (Å²) in [6.45, 7) is 16.1. The average molecular weight is 495 g/mol. The number of nitrogens with zero attached hydrogens (tertiary/aromatic N) is 2. The maximum atomic E-state index is 13.8. The Morgan fingerprint density at radius 3 is 2.35 bits per heavy atom. The Labute approximate surface area is 205 Å². The summed E-state index contributed by atoms with van der Waals surface area (Å²) >= 11 is 0. The van der Waals surface area contributed by atoms with Gasteiger partial charge in [-0.15, -0.1) is 0 Å². The van der Waals surface area contributed by atoms with E-state index in [-0.39, 0.29) is 23.1 Å². The fraction of sp³-hybridized carbons (Fsp3) is 0.760. The van der Waals surface area contributed by atoms with Crippen LogP contribution in [0.1, 0.15) is 67.2 Å². The molecule has 192 valence electrons. The van der Waals surface area contributed by atoms with Crippen molar-refractivity contribution in [1.29, 1.82) is 0 Å². The number of amides is 2. The standard InChI is InChI=1S/C25H42N2O6Si/c1-24(2,3)32-23(30)26-16-17-13-11-10-12-14-18-20(33-34(8,9)25(4,5)6)15-19(22(29)31-7)27(18)21(17)28/h10-11,16-20H,12-15H2,1-9H3/b11-10-,26-16?/t17?,18-,19-,20?/m0/s1. The lowest BCUT2D eigenvalue weighted by atomic mass is 10.0. The van der Waals surface area contributed by atoms with Crippen LogP contribution in [0.5, 0.6) is 0 Å². The van der Waals surface area contributed by atoms with E-state index in [1.807, 2.05) is 12.2 Å². The van der Waals surface area contributed by atoms with E-state index in [0.29, 0.717) is 19.3 Å². The zero-order chi connectivity index (χ0) is 25.9. The van der Waals surface area contributed by atoms with Gasteiger partial charge in [-0.3, -0.25) is 4.79 Å². The minimum Gasteiger partial charge on any atom is -0.467 e. The number of hydrogen-bond acceptors (Lipinski definition) is 6. The fourth-order valence-electron chi connectivity index (χ4n) is 4.05. The molecule has 4 atom stereocenters. The van der Waals surface area contributed by atoms with Crippen molar-refractivity contribution in [2.75, 3.05) is 7.11 Å². The van der Waals surface area contributed by atoms with E-state index in [4.69, 9.17) is 13.9 Å². The van der Waals surface area contributed by atoms with Crippen LogP contribution < -0.4 is 0 Å². The van der Waals surface area contributed by atoms with Crippen molar-refractivity contribution >= 4 is 32.5 Å². The smallest absolute Gasteiger partial charge is 0.433 e. The Balaban J connectivity index is 2.38. The summed E-state index contributed by atoms with van der Waals surface area (Å²) < 4.78 is 17.0. The summed E-state index contributed by atoms with van der Waals surface area (Å²) in [5, 5.41) is -0.00773. The number of fused-ring (bicyclic) bond motifs is 1. The molecule has 8 nitrogen and oxygen atoms in total. The molecule has 0 N–H and O–H groups in total. The number of allylic oxidation sites excluding steroid dienone is 2. The van der Waals surface area contributed by atoms with Crippen molar-refractivity contribution in [1.82, 2.24) is 4.90 Å². The van der Waals surface area contributed by atoms with E-state index in [1.165, 1.54) is 13.3 Å². The van der Waals surface area contributed by atoms with Crippen LogP contribution in [0.25, 0.3) is 0 Å². The van der Waals surface area contributed by atoms with Gasteiger partial charge in [-0.2, -0.15) is 4.99 Å². The Hall–Kier alpha value is -2.00.